The van der Waals surface area contributed by atoms with Gasteiger partial charge in [0.25, 0.3) is 0 Å². The molecule has 2 N–H and O–H groups in total. The number of hydrogen-bond donors (Lipinski definition) is 1. The molecule has 0 bridgehead atoms. The number of ether oxygens (including phenoxy) is 1. The van der Waals surface area contributed by atoms with E-state index in [9.17, 15) is 9.18 Å². The van der Waals surface area contributed by atoms with Gasteiger partial charge in [-0.15, -0.1) is 12.4 Å². The maximum absolute atomic E-state index is 13.0. The highest BCUT2D eigenvalue weighted by Crippen LogP contribution is 2.08. The largest absolute Gasteiger partial charge is 0.380 e. The van der Waals surface area contributed by atoms with Crippen LogP contribution in [0.3, 0.4) is 0 Å². The van der Waals surface area contributed by atoms with E-state index in [-0.39, 0.29) is 36.7 Å². The van der Waals surface area contributed by atoms with Gasteiger partial charge in [-0.25, -0.2) is 4.39 Å². The lowest BCUT2D eigenvalue weighted by Crippen LogP contribution is -2.33. The number of rotatable bonds is 6. The molecule has 108 valence electrons. The number of amides is 1. The number of halogens is 2. The summed E-state index contributed by atoms with van der Waals surface area (Å²) in [7, 11) is 3.20. The first kappa shape index (κ1) is 17.8. The highest BCUT2D eigenvalue weighted by Gasteiger charge is 2.15. The highest BCUT2D eigenvalue weighted by atomic mass is 35.5. The number of carbonyl (C=O) groups is 1. The molecule has 19 heavy (non-hydrogen) atoms. The molecular formula is C13H20ClFN2O2. The van der Waals surface area contributed by atoms with Crippen LogP contribution in [-0.2, 0) is 16.1 Å². The Balaban J connectivity index is 0.00000324. The first-order valence-corrected chi connectivity index (χ1v) is 5.78. The van der Waals surface area contributed by atoms with Crippen molar-refractivity contribution in [3.8, 4) is 0 Å². The molecule has 0 aliphatic rings. The van der Waals surface area contributed by atoms with Crippen molar-refractivity contribution in [1.82, 2.24) is 4.90 Å². The summed E-state index contributed by atoms with van der Waals surface area (Å²) in [6.45, 7) is 0.674. The molecule has 0 saturated carbocycles. The third-order valence-electron chi connectivity index (χ3n) is 2.73. The number of benzene rings is 1. The molecular weight excluding hydrogens is 271 g/mol. The van der Waals surface area contributed by atoms with Crippen LogP contribution in [0.5, 0.6) is 0 Å². The van der Waals surface area contributed by atoms with E-state index >= 15 is 0 Å². The number of carbonyl (C=O) groups excluding carboxylic acids is 1. The van der Waals surface area contributed by atoms with Crippen LogP contribution in [0.1, 0.15) is 12.0 Å². The van der Waals surface area contributed by atoms with E-state index in [1.807, 2.05) is 0 Å². The van der Waals surface area contributed by atoms with Crippen molar-refractivity contribution >= 4 is 18.3 Å². The summed E-state index contributed by atoms with van der Waals surface area (Å²) in [6.07, 6.45) is -0.0359. The fourth-order valence-electron chi connectivity index (χ4n) is 1.61. The molecule has 1 aromatic carbocycles. The second-order valence-electron chi connectivity index (χ2n) is 4.18. The maximum Gasteiger partial charge on any atom is 0.225 e. The van der Waals surface area contributed by atoms with Crippen LogP contribution in [0.2, 0.25) is 0 Å². The third kappa shape index (κ3) is 6.00. The SMILES string of the molecule is COC(CN)CC(=O)N(C)Cc1cccc(F)c1.Cl. The molecule has 6 heteroatoms. The summed E-state index contributed by atoms with van der Waals surface area (Å²) in [5, 5.41) is 0. The van der Waals surface area contributed by atoms with Gasteiger partial charge in [-0.3, -0.25) is 4.79 Å². The first-order valence-electron chi connectivity index (χ1n) is 5.78. The summed E-state index contributed by atoms with van der Waals surface area (Å²) in [5.74, 6) is -0.373. The van der Waals surface area contributed by atoms with E-state index in [0.29, 0.717) is 13.1 Å². The molecule has 0 aliphatic carbocycles. The average Bonchev–Trinajstić information content (AvgIpc) is 2.35. The lowest BCUT2D eigenvalue weighted by Gasteiger charge is -2.20. The average molecular weight is 291 g/mol. The summed E-state index contributed by atoms with van der Waals surface area (Å²) in [4.78, 5) is 13.4. The van der Waals surface area contributed by atoms with Gasteiger partial charge in [0.05, 0.1) is 12.5 Å². The molecule has 0 heterocycles. The fraction of sp³-hybridized carbons (Fsp3) is 0.462. The molecule has 0 radical (unpaired) electrons. The molecule has 0 spiro atoms. The van der Waals surface area contributed by atoms with Crippen LogP contribution in [0.15, 0.2) is 24.3 Å². The zero-order valence-corrected chi connectivity index (χ0v) is 12.0. The van der Waals surface area contributed by atoms with E-state index < -0.39 is 0 Å². The van der Waals surface area contributed by atoms with E-state index in [1.165, 1.54) is 24.1 Å². The molecule has 0 aromatic heterocycles. The van der Waals surface area contributed by atoms with Crippen molar-refractivity contribution in [3.05, 3.63) is 35.6 Å². The molecule has 1 atom stereocenters. The summed E-state index contributed by atoms with van der Waals surface area (Å²) in [6, 6.07) is 6.20. The van der Waals surface area contributed by atoms with Crippen LogP contribution in [0.25, 0.3) is 0 Å². The van der Waals surface area contributed by atoms with E-state index in [1.54, 1.807) is 19.2 Å². The number of hydrogen-bond acceptors (Lipinski definition) is 3. The minimum Gasteiger partial charge on any atom is -0.380 e. The number of nitrogens with zero attached hydrogens (tertiary/aromatic N) is 1. The Bertz CT molecular complexity index is 400. The van der Waals surface area contributed by atoms with E-state index in [2.05, 4.69) is 0 Å². The second kappa shape index (κ2) is 8.85. The fourth-order valence-corrected chi connectivity index (χ4v) is 1.61. The van der Waals surface area contributed by atoms with Gasteiger partial charge in [0.1, 0.15) is 5.82 Å². The summed E-state index contributed by atoms with van der Waals surface area (Å²) in [5.41, 5.74) is 6.22. The molecule has 0 saturated heterocycles. The van der Waals surface area contributed by atoms with Crippen LogP contribution in [0.4, 0.5) is 4.39 Å². The molecule has 1 rings (SSSR count). The standard InChI is InChI=1S/C13H19FN2O2.ClH/c1-16(13(17)7-12(8-15)18-2)9-10-4-3-5-11(14)6-10;/h3-6,12H,7-9,15H2,1-2H3;1H. The van der Waals surface area contributed by atoms with Crippen LogP contribution in [0, 0.1) is 5.82 Å². The van der Waals surface area contributed by atoms with Crippen molar-refractivity contribution in [2.75, 3.05) is 20.7 Å². The zero-order valence-electron chi connectivity index (χ0n) is 11.1. The Morgan fingerprint density at radius 2 is 2.21 bits per heavy atom. The van der Waals surface area contributed by atoms with Crippen molar-refractivity contribution in [1.29, 1.82) is 0 Å². The predicted octanol–water partition coefficient (Wildman–Crippen LogP) is 1.57. The van der Waals surface area contributed by atoms with Crippen molar-refractivity contribution in [2.24, 2.45) is 5.73 Å². The van der Waals surface area contributed by atoms with Crippen molar-refractivity contribution < 1.29 is 13.9 Å². The molecule has 1 amide bonds. The minimum absolute atomic E-state index is 0. The zero-order chi connectivity index (χ0) is 13.5. The topological polar surface area (TPSA) is 55.6 Å². The molecule has 4 nitrogen and oxygen atoms in total. The summed E-state index contributed by atoms with van der Waals surface area (Å²) < 4.78 is 18.1. The molecule has 0 fully saturated rings. The molecule has 1 aromatic rings. The van der Waals surface area contributed by atoms with Crippen LogP contribution < -0.4 is 5.73 Å². The second-order valence-corrected chi connectivity index (χ2v) is 4.18. The van der Waals surface area contributed by atoms with Gasteiger partial charge >= 0.3 is 0 Å². The predicted molar refractivity (Wildman–Crippen MR) is 74.6 cm³/mol. The third-order valence-corrected chi connectivity index (χ3v) is 2.73. The van der Waals surface area contributed by atoms with Gasteiger partial charge < -0.3 is 15.4 Å². The Morgan fingerprint density at radius 3 is 2.74 bits per heavy atom. The Morgan fingerprint density at radius 1 is 1.53 bits per heavy atom. The van der Waals surface area contributed by atoms with Gasteiger partial charge in [0.2, 0.25) is 5.91 Å². The molecule has 1 unspecified atom stereocenters. The quantitative estimate of drug-likeness (QED) is 0.865. The summed E-state index contributed by atoms with van der Waals surface area (Å²) >= 11 is 0. The highest BCUT2D eigenvalue weighted by molar-refractivity contribution is 5.85. The Hall–Kier alpha value is -1.17. The smallest absolute Gasteiger partial charge is 0.225 e. The van der Waals surface area contributed by atoms with Crippen LogP contribution >= 0.6 is 12.4 Å². The van der Waals surface area contributed by atoms with Gasteiger partial charge in [-0.1, -0.05) is 12.1 Å². The van der Waals surface area contributed by atoms with Gasteiger partial charge in [-0.05, 0) is 17.7 Å². The van der Waals surface area contributed by atoms with Gasteiger partial charge in [-0.2, -0.15) is 0 Å². The van der Waals surface area contributed by atoms with E-state index in [0.717, 1.165) is 5.56 Å². The van der Waals surface area contributed by atoms with E-state index in [4.69, 9.17) is 10.5 Å². The maximum atomic E-state index is 13.0. The normalized spacial score (nSPS) is 11.6. The Labute approximate surface area is 119 Å². The van der Waals surface area contributed by atoms with Gasteiger partial charge in [0.15, 0.2) is 0 Å². The number of methoxy groups -OCH3 is 1. The van der Waals surface area contributed by atoms with Gasteiger partial charge in [0, 0.05) is 27.2 Å². The lowest BCUT2D eigenvalue weighted by atomic mass is 10.2. The lowest BCUT2D eigenvalue weighted by molar-refractivity contribution is -0.132. The minimum atomic E-state index is -0.301. The van der Waals surface area contributed by atoms with Crippen molar-refractivity contribution in [2.45, 2.75) is 19.1 Å². The Kier molecular flexibility index (Phi) is 8.30. The van der Waals surface area contributed by atoms with Crippen LogP contribution in [-0.4, -0.2) is 37.6 Å². The monoisotopic (exact) mass is 290 g/mol. The first-order chi connectivity index (χ1) is 8.56. The van der Waals surface area contributed by atoms with Crippen molar-refractivity contribution in [3.63, 3.8) is 0 Å². The molecule has 0 aliphatic heterocycles. The number of nitrogens with two attached hydrogens (primary N) is 1.